The molecule has 0 spiro atoms. The van der Waals surface area contributed by atoms with Crippen LogP contribution in [0, 0.1) is 0 Å². The molecular formula is C33H42N4O6. The van der Waals surface area contributed by atoms with Crippen molar-refractivity contribution in [2.45, 2.75) is 72.1 Å². The van der Waals surface area contributed by atoms with Crippen LogP contribution in [0.4, 0.5) is 9.59 Å². The highest BCUT2D eigenvalue weighted by Gasteiger charge is 2.29. The molecule has 0 bridgehead atoms. The molecule has 10 nitrogen and oxygen atoms in total. The Kier molecular flexibility index (Phi) is 11.2. The number of aliphatic imine (C=N–C) groups is 2. The number of rotatable bonds is 7. The van der Waals surface area contributed by atoms with Gasteiger partial charge in [-0.3, -0.25) is 10.3 Å². The highest BCUT2D eigenvalue weighted by molar-refractivity contribution is 6.13. The van der Waals surface area contributed by atoms with Gasteiger partial charge in [0.15, 0.2) is 6.04 Å². The number of alkyl carbamates (subject to hydrolysis) is 1. The smallest absolute Gasteiger partial charge is 0.437 e. The van der Waals surface area contributed by atoms with Crippen LogP contribution < -0.4 is 5.32 Å². The molecule has 2 aromatic carbocycles. The Hall–Kier alpha value is -4.47. The molecule has 1 atom stereocenters. The van der Waals surface area contributed by atoms with Gasteiger partial charge in [0.25, 0.3) is 0 Å². The predicted octanol–water partition coefficient (Wildman–Crippen LogP) is 5.90. The fourth-order valence-electron chi connectivity index (χ4n) is 4.20. The summed E-state index contributed by atoms with van der Waals surface area (Å²) < 4.78 is 16.1. The molecular weight excluding hydrogens is 548 g/mol. The molecule has 1 heterocycles. The number of guanidine groups is 1. The van der Waals surface area contributed by atoms with E-state index in [4.69, 9.17) is 19.2 Å². The minimum Gasteiger partial charge on any atom is -0.464 e. The van der Waals surface area contributed by atoms with Crippen molar-refractivity contribution in [2.75, 3.05) is 19.7 Å². The molecule has 0 saturated heterocycles. The van der Waals surface area contributed by atoms with E-state index in [2.05, 4.69) is 10.3 Å². The van der Waals surface area contributed by atoms with Gasteiger partial charge in [-0.15, -0.1) is 4.99 Å². The maximum atomic E-state index is 13.2. The summed E-state index contributed by atoms with van der Waals surface area (Å²) in [4.78, 5) is 49.0. The Morgan fingerprint density at radius 2 is 1.44 bits per heavy atom. The third kappa shape index (κ3) is 11.0. The van der Waals surface area contributed by atoms with E-state index >= 15 is 0 Å². The van der Waals surface area contributed by atoms with E-state index in [1.165, 1.54) is 0 Å². The van der Waals surface area contributed by atoms with Crippen molar-refractivity contribution in [3.63, 3.8) is 0 Å². The van der Waals surface area contributed by atoms with E-state index in [1.54, 1.807) is 53.4 Å². The Morgan fingerprint density at radius 1 is 0.884 bits per heavy atom. The number of esters is 1. The molecule has 2 amide bonds. The molecule has 2 aromatic rings. The monoisotopic (exact) mass is 590 g/mol. The molecule has 0 aliphatic carbocycles. The lowest BCUT2D eigenvalue weighted by atomic mass is 10.0. The largest absolute Gasteiger partial charge is 0.464 e. The minimum atomic E-state index is -0.851. The molecule has 0 aromatic heterocycles. The molecule has 0 saturated carbocycles. The predicted molar refractivity (Wildman–Crippen MR) is 166 cm³/mol. The van der Waals surface area contributed by atoms with E-state index in [1.807, 2.05) is 66.7 Å². The Labute approximate surface area is 253 Å². The molecule has 1 N–H and O–H groups in total. The third-order valence-electron chi connectivity index (χ3n) is 5.89. The van der Waals surface area contributed by atoms with Gasteiger partial charge in [-0.25, -0.2) is 14.4 Å². The van der Waals surface area contributed by atoms with Gasteiger partial charge >= 0.3 is 18.2 Å². The molecule has 10 heteroatoms. The maximum Gasteiger partial charge on any atom is 0.437 e. The number of hydrogen-bond acceptors (Lipinski definition) is 7. The first kappa shape index (κ1) is 33.0. The second kappa shape index (κ2) is 14.6. The van der Waals surface area contributed by atoms with E-state index in [9.17, 15) is 14.4 Å². The molecule has 43 heavy (non-hydrogen) atoms. The lowest BCUT2D eigenvalue weighted by Crippen LogP contribution is -2.46. The number of amides is 2. The number of ether oxygens (including phenoxy) is 3. The summed E-state index contributed by atoms with van der Waals surface area (Å²) >= 11 is 0. The van der Waals surface area contributed by atoms with Gasteiger partial charge in [-0.2, -0.15) is 0 Å². The molecule has 230 valence electrons. The zero-order chi connectivity index (χ0) is 31.6. The minimum absolute atomic E-state index is 0.0137. The van der Waals surface area contributed by atoms with Crippen molar-refractivity contribution in [3.05, 3.63) is 83.4 Å². The summed E-state index contributed by atoms with van der Waals surface area (Å²) in [5, 5.41) is 2.59. The van der Waals surface area contributed by atoms with Crippen LogP contribution >= 0.6 is 0 Å². The third-order valence-corrected chi connectivity index (χ3v) is 5.89. The number of carbonyl (C=O) groups is 3. The second-order valence-electron chi connectivity index (χ2n) is 12.0. The molecule has 1 unspecified atom stereocenters. The summed E-state index contributed by atoms with van der Waals surface area (Å²) in [6, 6.07) is 18.5. The van der Waals surface area contributed by atoms with Crippen molar-refractivity contribution >= 4 is 29.8 Å². The van der Waals surface area contributed by atoms with E-state index in [0.717, 1.165) is 16.7 Å². The number of carbonyl (C=O) groups excluding carboxylic acids is 3. The van der Waals surface area contributed by atoms with Gasteiger partial charge in [-0.1, -0.05) is 72.3 Å². The quantitative estimate of drug-likeness (QED) is 0.140. The molecule has 1 aliphatic rings. The van der Waals surface area contributed by atoms with Crippen molar-refractivity contribution in [3.8, 4) is 0 Å². The lowest BCUT2D eigenvalue weighted by molar-refractivity contribution is -0.144. The van der Waals surface area contributed by atoms with Gasteiger partial charge in [0.05, 0.1) is 12.3 Å². The summed E-state index contributed by atoms with van der Waals surface area (Å²) in [5.41, 5.74) is 1.76. The van der Waals surface area contributed by atoms with Gasteiger partial charge in [0, 0.05) is 30.6 Å². The van der Waals surface area contributed by atoms with E-state index in [0.29, 0.717) is 12.3 Å². The van der Waals surface area contributed by atoms with E-state index in [-0.39, 0.29) is 25.5 Å². The number of nitrogens with one attached hydrogen (secondary N) is 1. The van der Waals surface area contributed by atoms with Gasteiger partial charge < -0.3 is 19.1 Å². The Bertz CT molecular complexity index is 1310. The van der Waals surface area contributed by atoms with Crippen LogP contribution in [0.3, 0.4) is 0 Å². The number of nitrogens with zero attached hydrogens (tertiary/aromatic N) is 3. The van der Waals surface area contributed by atoms with Gasteiger partial charge in [-0.05, 0) is 48.5 Å². The average molecular weight is 591 g/mol. The van der Waals surface area contributed by atoms with Gasteiger partial charge in [0.2, 0.25) is 5.96 Å². The Balaban J connectivity index is 1.88. The maximum absolute atomic E-state index is 13.2. The number of hydrogen-bond donors (Lipinski definition) is 1. The highest BCUT2D eigenvalue weighted by atomic mass is 16.6. The van der Waals surface area contributed by atoms with Crippen LogP contribution in [0.5, 0.6) is 0 Å². The zero-order valence-corrected chi connectivity index (χ0v) is 26.0. The number of benzene rings is 2. The van der Waals surface area contributed by atoms with Crippen LogP contribution in [0.1, 0.15) is 66.0 Å². The van der Waals surface area contributed by atoms with Crippen LogP contribution in [-0.2, 0) is 19.0 Å². The topological polar surface area (TPSA) is 119 Å². The molecule has 3 rings (SSSR count). The first-order valence-corrected chi connectivity index (χ1v) is 14.3. The fourth-order valence-corrected chi connectivity index (χ4v) is 4.20. The SMILES string of the molecule is CCOC(=O)C(CC1=CCN(/C(=N/C(=O)OC(C)(C)C)NC(=O)OC(C)(C)C)C1)N=C(c1ccccc1)c1ccccc1. The van der Waals surface area contributed by atoms with Crippen molar-refractivity contribution in [1.82, 2.24) is 10.2 Å². The summed E-state index contributed by atoms with van der Waals surface area (Å²) in [6.45, 7) is 13.0. The van der Waals surface area contributed by atoms with Crippen LogP contribution in [0.2, 0.25) is 0 Å². The van der Waals surface area contributed by atoms with Crippen LogP contribution in [0.15, 0.2) is 82.3 Å². The van der Waals surface area contributed by atoms with Crippen LogP contribution in [-0.4, -0.2) is 71.7 Å². The first-order chi connectivity index (χ1) is 20.2. The van der Waals surface area contributed by atoms with Crippen molar-refractivity contribution in [2.24, 2.45) is 9.98 Å². The molecule has 1 aliphatic heterocycles. The van der Waals surface area contributed by atoms with Crippen molar-refractivity contribution < 1.29 is 28.6 Å². The highest BCUT2D eigenvalue weighted by Crippen LogP contribution is 2.21. The standard InChI is InChI=1S/C33H42N4O6/c1-8-41-28(38)26(34-27(24-15-11-9-12-16-24)25-17-13-10-14-18-25)21-23-19-20-37(22-23)29(35-30(39)42-32(2,3)4)36-31(40)43-33(5,6)7/h9-19,26H,8,20-22H2,1-7H3,(H,35,36,39,40). The van der Waals surface area contributed by atoms with Gasteiger partial charge in [0.1, 0.15) is 11.2 Å². The average Bonchev–Trinajstić information content (AvgIpc) is 3.38. The van der Waals surface area contributed by atoms with Crippen molar-refractivity contribution in [1.29, 1.82) is 0 Å². The second-order valence-corrected chi connectivity index (χ2v) is 12.0. The zero-order valence-electron chi connectivity index (χ0n) is 26.0. The fraction of sp³-hybridized carbons (Fsp3) is 0.424. The lowest BCUT2D eigenvalue weighted by Gasteiger charge is -2.25. The summed E-state index contributed by atoms with van der Waals surface area (Å²) in [5.74, 6) is -0.457. The van der Waals surface area contributed by atoms with Crippen LogP contribution in [0.25, 0.3) is 0 Å². The summed E-state index contributed by atoms with van der Waals surface area (Å²) in [7, 11) is 0. The van der Waals surface area contributed by atoms with E-state index < -0.39 is 35.4 Å². The normalized spacial score (nSPS) is 14.3. The first-order valence-electron chi connectivity index (χ1n) is 14.3. The molecule has 0 radical (unpaired) electrons. The summed E-state index contributed by atoms with van der Waals surface area (Å²) in [6.07, 6.45) is 0.586. The Morgan fingerprint density at radius 3 is 1.95 bits per heavy atom. The molecule has 0 fully saturated rings.